The number of nitrogens with zero attached hydrogens (tertiary/aromatic N) is 2. The zero-order chi connectivity index (χ0) is 27.2. The van der Waals surface area contributed by atoms with Crippen molar-refractivity contribution in [2.24, 2.45) is 39.9 Å². The Morgan fingerprint density at radius 1 is 1.08 bits per heavy atom. The number of aliphatic hydroxyl groups excluding tert-OH is 1. The largest absolute Gasteiger partial charge is 0.393 e. The Labute approximate surface area is 225 Å². The zero-order valence-corrected chi connectivity index (χ0v) is 25.0. The Hall–Kier alpha value is -1.26. The summed E-state index contributed by atoms with van der Waals surface area (Å²) in [7, 11) is 0. The molecule has 0 unspecified atom stereocenters. The third kappa shape index (κ3) is 3.82. The fraction of sp³-hybridized carbons (Fsp3) is 0.818. The molecule has 0 amide bonds. The molecule has 2 N–H and O–H groups in total. The van der Waals surface area contributed by atoms with Crippen LogP contribution in [-0.2, 0) is 11.8 Å². The summed E-state index contributed by atoms with van der Waals surface area (Å²) in [5.74, 6) is 2.16. The van der Waals surface area contributed by atoms with Gasteiger partial charge in [-0.1, -0.05) is 46.3 Å². The summed E-state index contributed by atoms with van der Waals surface area (Å²) in [6.07, 6.45) is 12.0. The van der Waals surface area contributed by atoms with E-state index in [1.807, 2.05) is 13.8 Å². The van der Waals surface area contributed by atoms with Crippen molar-refractivity contribution in [3.63, 3.8) is 0 Å². The molecule has 0 spiro atoms. The van der Waals surface area contributed by atoms with E-state index in [9.17, 15) is 10.2 Å². The van der Waals surface area contributed by atoms with Crippen LogP contribution in [0, 0.1) is 46.8 Å². The fourth-order valence-electron chi connectivity index (χ4n) is 10.8. The Morgan fingerprint density at radius 2 is 1.76 bits per heavy atom. The molecule has 5 rings (SSSR count). The van der Waals surface area contributed by atoms with Gasteiger partial charge in [0.15, 0.2) is 0 Å². The summed E-state index contributed by atoms with van der Waals surface area (Å²) in [4.78, 5) is 9.58. The minimum Gasteiger partial charge on any atom is -0.393 e. The number of hydrogen-bond donors (Lipinski definition) is 2. The summed E-state index contributed by atoms with van der Waals surface area (Å²) in [5, 5.41) is 23.7. The molecule has 0 bridgehead atoms. The average molecular weight is 509 g/mol. The molecule has 3 fully saturated rings. The van der Waals surface area contributed by atoms with Crippen molar-refractivity contribution in [3.05, 3.63) is 34.9 Å². The standard InChI is InChI=1S/C33H52N2O2/c1-20(2)11-10-14-33(9,37)23-12-15-32(8)27(23)24(36)17-26-30(6)18-22-19-34-21(3)35-28(22)29(4,5)25(30)13-16-31(26,32)7/h11,19,23-27,36-37H,10,12-18H2,1-9H3/t23-,24+,25-,26+,27-,30-,31+,32+,33-/m0/s1. The van der Waals surface area contributed by atoms with E-state index in [0.29, 0.717) is 11.8 Å². The first-order valence-corrected chi connectivity index (χ1v) is 14.9. The molecule has 1 aromatic heterocycles. The normalized spacial score (nSPS) is 43.6. The van der Waals surface area contributed by atoms with Crippen LogP contribution in [0.25, 0.3) is 0 Å². The van der Waals surface area contributed by atoms with Crippen molar-refractivity contribution < 1.29 is 10.2 Å². The highest BCUT2D eigenvalue weighted by Crippen LogP contribution is 2.75. The number of aliphatic hydroxyl groups is 2. The Bertz CT molecular complexity index is 1090. The van der Waals surface area contributed by atoms with E-state index in [2.05, 4.69) is 65.7 Å². The quantitative estimate of drug-likeness (QED) is 0.432. The van der Waals surface area contributed by atoms with Crippen molar-refractivity contribution in [2.75, 3.05) is 0 Å². The van der Waals surface area contributed by atoms with Gasteiger partial charge in [-0.3, -0.25) is 0 Å². The lowest BCUT2D eigenvalue weighted by Crippen LogP contribution is -2.66. The molecular formula is C33H52N2O2. The van der Waals surface area contributed by atoms with Crippen LogP contribution in [0.5, 0.6) is 0 Å². The second-order valence-corrected chi connectivity index (χ2v) is 15.3. The lowest BCUT2D eigenvalue weighted by molar-refractivity contribution is -0.223. The van der Waals surface area contributed by atoms with Crippen molar-refractivity contribution in [1.82, 2.24) is 9.97 Å². The first-order chi connectivity index (χ1) is 17.1. The van der Waals surface area contributed by atoms with E-state index in [1.165, 1.54) is 29.7 Å². The van der Waals surface area contributed by atoms with E-state index in [0.717, 1.165) is 44.3 Å². The lowest BCUT2D eigenvalue weighted by Gasteiger charge is -2.70. The molecule has 206 valence electrons. The number of aryl methyl sites for hydroxylation is 1. The highest BCUT2D eigenvalue weighted by molar-refractivity contribution is 5.35. The molecule has 4 aliphatic rings. The van der Waals surface area contributed by atoms with Gasteiger partial charge in [0.1, 0.15) is 5.82 Å². The van der Waals surface area contributed by atoms with E-state index in [-0.39, 0.29) is 39.6 Å². The van der Waals surface area contributed by atoms with Crippen LogP contribution >= 0.6 is 0 Å². The molecule has 4 heteroatoms. The molecule has 0 radical (unpaired) electrons. The van der Waals surface area contributed by atoms with Crippen molar-refractivity contribution in [3.8, 4) is 0 Å². The van der Waals surface area contributed by atoms with Gasteiger partial charge in [-0.05, 0) is 125 Å². The second-order valence-electron chi connectivity index (χ2n) is 15.3. The van der Waals surface area contributed by atoms with Crippen molar-refractivity contribution >= 4 is 0 Å². The maximum atomic E-state index is 12.0. The van der Waals surface area contributed by atoms with Crippen LogP contribution in [0.15, 0.2) is 17.8 Å². The summed E-state index contributed by atoms with van der Waals surface area (Å²) < 4.78 is 0. The van der Waals surface area contributed by atoms with Gasteiger partial charge in [0.2, 0.25) is 0 Å². The van der Waals surface area contributed by atoms with Gasteiger partial charge in [-0.25, -0.2) is 9.97 Å². The molecule has 1 heterocycles. The van der Waals surface area contributed by atoms with Crippen LogP contribution < -0.4 is 0 Å². The van der Waals surface area contributed by atoms with E-state index in [4.69, 9.17) is 4.98 Å². The first kappa shape index (κ1) is 27.3. The smallest absolute Gasteiger partial charge is 0.125 e. The highest BCUT2D eigenvalue weighted by atomic mass is 16.3. The van der Waals surface area contributed by atoms with Gasteiger partial charge < -0.3 is 10.2 Å². The molecule has 9 atom stereocenters. The third-order valence-corrected chi connectivity index (χ3v) is 12.7. The van der Waals surface area contributed by atoms with Gasteiger partial charge in [0.25, 0.3) is 0 Å². The number of aromatic nitrogens is 2. The molecule has 4 aliphatic carbocycles. The van der Waals surface area contributed by atoms with Crippen LogP contribution in [0.4, 0.5) is 0 Å². The van der Waals surface area contributed by atoms with Gasteiger partial charge in [0, 0.05) is 11.6 Å². The molecular weight excluding hydrogens is 456 g/mol. The topological polar surface area (TPSA) is 66.2 Å². The minimum atomic E-state index is -0.749. The van der Waals surface area contributed by atoms with Gasteiger partial charge in [-0.15, -0.1) is 0 Å². The summed E-state index contributed by atoms with van der Waals surface area (Å²) in [6, 6.07) is 0. The average Bonchev–Trinajstić information content (AvgIpc) is 3.16. The maximum absolute atomic E-state index is 12.0. The number of allylic oxidation sites excluding steroid dienone is 2. The summed E-state index contributed by atoms with van der Waals surface area (Å²) in [5.41, 5.74) is 3.39. The van der Waals surface area contributed by atoms with E-state index >= 15 is 0 Å². The Balaban J connectivity index is 1.51. The molecule has 0 aliphatic heterocycles. The predicted octanol–water partition coefficient (Wildman–Crippen LogP) is 6.95. The van der Waals surface area contributed by atoms with E-state index < -0.39 is 5.60 Å². The molecule has 3 saturated carbocycles. The summed E-state index contributed by atoms with van der Waals surface area (Å²) in [6.45, 7) is 20.7. The van der Waals surface area contributed by atoms with Crippen LogP contribution in [0.2, 0.25) is 0 Å². The number of rotatable bonds is 4. The fourth-order valence-corrected chi connectivity index (χ4v) is 10.8. The van der Waals surface area contributed by atoms with Gasteiger partial charge in [-0.2, -0.15) is 0 Å². The molecule has 0 aromatic carbocycles. The number of hydrogen-bond acceptors (Lipinski definition) is 4. The van der Waals surface area contributed by atoms with Gasteiger partial charge in [0.05, 0.1) is 17.4 Å². The van der Waals surface area contributed by atoms with Crippen molar-refractivity contribution in [2.45, 2.75) is 131 Å². The maximum Gasteiger partial charge on any atom is 0.125 e. The van der Waals surface area contributed by atoms with Gasteiger partial charge >= 0.3 is 0 Å². The molecule has 1 aromatic rings. The SMILES string of the molecule is CC(C)=CCC[C@](C)(O)[C@H]1CC[C@]2(C)[C@@H]1[C@H](O)C[C@@H]1[C@@]3(C)Cc4cnc(C)nc4C(C)(C)[C@@H]3CC[C@]12C. The highest BCUT2D eigenvalue weighted by Gasteiger charge is 2.71. The van der Waals surface area contributed by atoms with Crippen LogP contribution in [-0.4, -0.2) is 31.9 Å². The third-order valence-electron chi connectivity index (χ3n) is 12.7. The summed E-state index contributed by atoms with van der Waals surface area (Å²) >= 11 is 0. The van der Waals surface area contributed by atoms with Crippen LogP contribution in [0.1, 0.15) is 117 Å². The monoisotopic (exact) mass is 508 g/mol. The Kier molecular flexibility index (Phi) is 6.36. The van der Waals surface area contributed by atoms with E-state index in [1.54, 1.807) is 0 Å². The number of fused-ring (bicyclic) bond motifs is 6. The van der Waals surface area contributed by atoms with Crippen molar-refractivity contribution in [1.29, 1.82) is 0 Å². The molecule has 0 saturated heterocycles. The zero-order valence-electron chi connectivity index (χ0n) is 25.0. The Morgan fingerprint density at radius 3 is 2.43 bits per heavy atom. The first-order valence-electron chi connectivity index (χ1n) is 14.9. The van der Waals surface area contributed by atoms with Crippen LogP contribution in [0.3, 0.4) is 0 Å². The molecule has 37 heavy (non-hydrogen) atoms. The molecule has 4 nitrogen and oxygen atoms in total. The second kappa shape index (κ2) is 8.62. The minimum absolute atomic E-state index is 0.00707. The lowest BCUT2D eigenvalue weighted by atomic mass is 9.35. The predicted molar refractivity (Wildman–Crippen MR) is 150 cm³/mol.